The number of hydrogen-bond donors (Lipinski definition) is 0. The van der Waals surface area contributed by atoms with Gasteiger partial charge in [-0.2, -0.15) is 0 Å². The van der Waals surface area contributed by atoms with Gasteiger partial charge in [0.15, 0.2) is 5.75 Å². The van der Waals surface area contributed by atoms with Crippen LogP contribution in [0.5, 0.6) is 11.5 Å². The minimum absolute atomic E-state index is 0.404. The Balaban J connectivity index is 3.38. The topological polar surface area (TPSA) is 52.6 Å². The van der Waals surface area contributed by atoms with Crippen molar-refractivity contribution in [2.24, 2.45) is 0 Å². The normalized spacial score (nSPS) is 9.78. The summed E-state index contributed by atoms with van der Waals surface area (Å²) in [6.07, 6.45) is 1.55. The Hall–Kier alpha value is -0.640. The van der Waals surface area contributed by atoms with E-state index in [0.29, 0.717) is 24.2 Å². The number of esters is 2. The summed E-state index contributed by atoms with van der Waals surface area (Å²) >= 11 is 4.07. The first kappa shape index (κ1) is 15.4. The Morgan fingerprint density at radius 1 is 1.17 bits per heavy atom. The molecule has 0 aliphatic carbocycles. The highest BCUT2D eigenvalue weighted by molar-refractivity contribution is 14.1. The van der Waals surface area contributed by atoms with E-state index in [-0.39, 0.29) is 0 Å². The summed E-state index contributed by atoms with van der Waals surface area (Å²) in [5.41, 5.74) is 0.603. The van der Waals surface area contributed by atoms with Gasteiger partial charge in [-0.1, -0.05) is 12.7 Å². The van der Waals surface area contributed by atoms with Crippen molar-refractivity contribution in [3.63, 3.8) is 0 Å². The third kappa shape index (κ3) is 3.67. The minimum atomic E-state index is -0.410. The van der Waals surface area contributed by atoms with Crippen LogP contribution in [0.25, 0.3) is 6.08 Å². The Morgan fingerprint density at radius 2 is 1.72 bits per heavy atom. The Labute approximate surface area is 132 Å². The van der Waals surface area contributed by atoms with Gasteiger partial charge in [0, 0.05) is 19.4 Å². The molecule has 0 fully saturated rings. The van der Waals surface area contributed by atoms with Gasteiger partial charge in [-0.15, -0.1) is 0 Å². The Morgan fingerprint density at radius 3 is 2.17 bits per heavy atom. The molecule has 18 heavy (non-hydrogen) atoms. The molecule has 0 aliphatic rings. The summed E-state index contributed by atoms with van der Waals surface area (Å²) in [5, 5.41) is 0. The number of hydrogen-bond acceptors (Lipinski definition) is 4. The fraction of sp³-hybridized carbons (Fsp3) is 0.167. The predicted molar refractivity (Wildman–Crippen MR) is 84.6 cm³/mol. The van der Waals surface area contributed by atoms with Gasteiger partial charge >= 0.3 is 11.9 Å². The lowest BCUT2D eigenvalue weighted by Crippen LogP contribution is -2.08. The number of halogens is 2. The molecule has 4 nitrogen and oxygen atoms in total. The molecule has 0 heterocycles. The van der Waals surface area contributed by atoms with Crippen LogP contribution < -0.4 is 9.47 Å². The molecule has 1 aromatic carbocycles. The lowest BCUT2D eigenvalue weighted by Gasteiger charge is -2.13. The van der Waals surface area contributed by atoms with Crippen molar-refractivity contribution < 1.29 is 19.1 Å². The fourth-order valence-corrected chi connectivity index (χ4v) is 2.43. The third-order valence-electron chi connectivity index (χ3n) is 1.88. The highest BCUT2D eigenvalue weighted by Gasteiger charge is 2.18. The first-order valence-corrected chi connectivity index (χ1v) is 7.03. The van der Waals surface area contributed by atoms with Gasteiger partial charge in [0.25, 0.3) is 0 Å². The van der Waals surface area contributed by atoms with E-state index in [1.807, 2.05) is 45.2 Å². The molecular weight excluding hydrogens is 462 g/mol. The largest absolute Gasteiger partial charge is 0.426 e. The minimum Gasteiger partial charge on any atom is -0.426 e. The second-order valence-corrected chi connectivity index (χ2v) is 5.47. The molecule has 0 atom stereocenters. The smallest absolute Gasteiger partial charge is 0.308 e. The second kappa shape index (κ2) is 6.50. The second-order valence-electron chi connectivity index (χ2n) is 3.31. The SMILES string of the molecule is C=Cc1cc(OC(C)=O)c(I)c(I)c1OC(C)=O. The van der Waals surface area contributed by atoms with E-state index in [1.54, 1.807) is 12.1 Å². The van der Waals surface area contributed by atoms with Crippen LogP contribution in [0.2, 0.25) is 0 Å². The summed E-state index contributed by atoms with van der Waals surface area (Å²) in [4.78, 5) is 22.1. The van der Waals surface area contributed by atoms with E-state index in [1.165, 1.54) is 13.8 Å². The average Bonchev–Trinajstić information content (AvgIpc) is 2.27. The van der Waals surface area contributed by atoms with Gasteiger partial charge in [-0.25, -0.2) is 0 Å². The van der Waals surface area contributed by atoms with E-state index in [2.05, 4.69) is 6.58 Å². The molecule has 0 amide bonds. The number of rotatable bonds is 3. The van der Waals surface area contributed by atoms with Crippen LogP contribution in [0, 0.1) is 7.14 Å². The molecule has 0 saturated heterocycles. The first-order valence-electron chi connectivity index (χ1n) is 4.88. The molecule has 1 aromatic rings. The molecule has 0 aromatic heterocycles. The van der Waals surface area contributed by atoms with Crippen LogP contribution in [0.4, 0.5) is 0 Å². The molecule has 0 bridgehead atoms. The van der Waals surface area contributed by atoms with Gasteiger partial charge in [0.05, 0.1) is 7.14 Å². The zero-order valence-corrected chi connectivity index (χ0v) is 14.1. The van der Waals surface area contributed by atoms with Crippen molar-refractivity contribution in [1.82, 2.24) is 0 Å². The van der Waals surface area contributed by atoms with Crippen LogP contribution >= 0.6 is 45.2 Å². The molecule has 96 valence electrons. The van der Waals surface area contributed by atoms with Crippen LogP contribution in [0.3, 0.4) is 0 Å². The number of benzene rings is 1. The molecule has 6 heteroatoms. The van der Waals surface area contributed by atoms with Crippen LogP contribution in [-0.4, -0.2) is 11.9 Å². The van der Waals surface area contributed by atoms with Crippen molar-refractivity contribution in [2.75, 3.05) is 0 Å². The molecule has 0 saturated carbocycles. The maximum atomic E-state index is 11.1. The van der Waals surface area contributed by atoms with Crippen molar-refractivity contribution in [3.8, 4) is 11.5 Å². The summed E-state index contributed by atoms with van der Waals surface area (Å²) in [5.74, 6) is 0.0442. The highest BCUT2D eigenvalue weighted by Crippen LogP contribution is 2.37. The first-order chi connectivity index (χ1) is 8.36. The van der Waals surface area contributed by atoms with Crippen molar-refractivity contribution in [2.45, 2.75) is 13.8 Å². The maximum absolute atomic E-state index is 11.1. The van der Waals surface area contributed by atoms with Crippen molar-refractivity contribution >= 4 is 63.2 Å². The number of carbonyl (C=O) groups is 2. The molecule has 0 spiro atoms. The molecular formula is C12H10I2O4. The van der Waals surface area contributed by atoms with E-state index in [9.17, 15) is 9.59 Å². The summed E-state index contributed by atoms with van der Waals surface area (Å²) < 4.78 is 11.7. The van der Waals surface area contributed by atoms with E-state index >= 15 is 0 Å². The Kier molecular flexibility index (Phi) is 5.57. The van der Waals surface area contributed by atoms with E-state index < -0.39 is 11.9 Å². The molecule has 0 aliphatic heterocycles. The van der Waals surface area contributed by atoms with Crippen LogP contribution in [0.1, 0.15) is 19.4 Å². The van der Waals surface area contributed by atoms with Crippen LogP contribution in [-0.2, 0) is 9.59 Å². The number of carbonyl (C=O) groups excluding carboxylic acids is 2. The molecule has 0 N–H and O–H groups in total. The fourth-order valence-electron chi connectivity index (χ4n) is 1.23. The quantitative estimate of drug-likeness (QED) is 0.385. The lowest BCUT2D eigenvalue weighted by atomic mass is 10.2. The van der Waals surface area contributed by atoms with Gasteiger partial charge < -0.3 is 9.47 Å². The summed E-state index contributed by atoms with van der Waals surface area (Å²) in [6.45, 7) is 6.31. The molecule has 0 radical (unpaired) electrons. The third-order valence-corrected chi connectivity index (χ3v) is 5.01. The van der Waals surface area contributed by atoms with Crippen molar-refractivity contribution in [1.29, 1.82) is 0 Å². The van der Waals surface area contributed by atoms with Gasteiger partial charge in [-0.05, 0) is 51.2 Å². The summed E-state index contributed by atoms with van der Waals surface area (Å²) in [6, 6.07) is 1.62. The predicted octanol–water partition coefficient (Wildman–Crippen LogP) is 3.39. The average molecular weight is 472 g/mol. The Bertz CT molecular complexity index is 523. The molecule has 1 rings (SSSR count). The lowest BCUT2D eigenvalue weighted by molar-refractivity contribution is -0.133. The number of ether oxygens (including phenoxy) is 2. The van der Waals surface area contributed by atoms with Crippen LogP contribution in [0.15, 0.2) is 12.6 Å². The molecule has 0 unspecified atom stereocenters. The standard InChI is InChI=1S/C12H10I2O4/c1-4-8-5-9(17-6(2)15)10(13)11(14)12(8)18-7(3)16/h4-5H,1H2,2-3H3. The van der Waals surface area contributed by atoms with Gasteiger partial charge in [0.2, 0.25) is 0 Å². The van der Waals surface area contributed by atoms with Crippen molar-refractivity contribution in [3.05, 3.63) is 25.3 Å². The summed E-state index contributed by atoms with van der Waals surface area (Å²) in [7, 11) is 0. The van der Waals surface area contributed by atoms with Gasteiger partial charge in [-0.3, -0.25) is 9.59 Å². The zero-order chi connectivity index (χ0) is 13.9. The van der Waals surface area contributed by atoms with Gasteiger partial charge in [0.1, 0.15) is 5.75 Å². The maximum Gasteiger partial charge on any atom is 0.308 e. The van der Waals surface area contributed by atoms with E-state index in [4.69, 9.17) is 9.47 Å². The zero-order valence-electron chi connectivity index (χ0n) is 9.75. The monoisotopic (exact) mass is 472 g/mol. The van der Waals surface area contributed by atoms with E-state index in [0.717, 1.165) is 0 Å². The highest BCUT2D eigenvalue weighted by atomic mass is 127.